The molecule has 47 heavy (non-hydrogen) atoms. The molecule has 0 saturated heterocycles. The topological polar surface area (TPSA) is 129 Å². The van der Waals surface area contributed by atoms with Crippen molar-refractivity contribution in [3.05, 3.63) is 0 Å². The van der Waals surface area contributed by atoms with Crippen LogP contribution in [-0.2, 0) is 19.1 Å². The Morgan fingerprint density at radius 2 is 0.830 bits per heavy atom. The van der Waals surface area contributed by atoms with Crippen molar-refractivity contribution in [1.82, 2.24) is 0 Å². The van der Waals surface area contributed by atoms with E-state index in [1.54, 1.807) is 23.5 Å². The van der Waals surface area contributed by atoms with Crippen molar-refractivity contribution in [2.75, 3.05) is 49.3 Å². The van der Waals surface area contributed by atoms with Gasteiger partial charge in [0.25, 0.3) is 0 Å². The van der Waals surface area contributed by atoms with Gasteiger partial charge in [-0.2, -0.15) is 23.5 Å². The first-order valence-electron chi connectivity index (χ1n) is 19.0. The third-order valence-corrected chi connectivity index (χ3v) is 9.95. The van der Waals surface area contributed by atoms with Gasteiger partial charge in [0.05, 0.1) is 37.7 Å². The first-order valence-corrected chi connectivity index (χ1v) is 21.3. The summed E-state index contributed by atoms with van der Waals surface area (Å²) in [6.07, 6.45) is 24.8. The van der Waals surface area contributed by atoms with Crippen molar-refractivity contribution in [2.24, 2.45) is 21.5 Å². The lowest BCUT2D eigenvalue weighted by atomic mass is 10.1. The van der Waals surface area contributed by atoms with Gasteiger partial charge in [0.15, 0.2) is 0 Å². The minimum atomic E-state index is -0.0758. The van der Waals surface area contributed by atoms with Gasteiger partial charge in [-0.3, -0.25) is 19.6 Å². The number of carbonyl (C=O) groups is 2. The number of carbonyl (C=O) groups excluding carboxylic acids is 2. The van der Waals surface area contributed by atoms with Crippen molar-refractivity contribution in [2.45, 2.75) is 162 Å². The van der Waals surface area contributed by atoms with E-state index in [4.69, 9.17) is 20.9 Å². The Labute approximate surface area is 297 Å². The SMILES string of the molecule is CCCCCCCCCOC(=O)CCSCCCC(N)=NCCCCCN=C(N)CCCSCCC(=O)OCCCCCCCCC. The quantitative estimate of drug-likeness (QED) is 0.0286. The zero-order valence-corrected chi connectivity index (χ0v) is 32.1. The number of esters is 2. The normalized spacial score (nSPS) is 12.0. The Hall–Kier alpha value is -1.42. The van der Waals surface area contributed by atoms with Crippen LogP contribution in [0.3, 0.4) is 0 Å². The maximum absolute atomic E-state index is 11.9. The van der Waals surface area contributed by atoms with Crippen LogP contribution in [0, 0.1) is 0 Å². The third-order valence-electron chi connectivity index (χ3n) is 7.81. The van der Waals surface area contributed by atoms with Crippen LogP contribution in [0.25, 0.3) is 0 Å². The van der Waals surface area contributed by atoms with Gasteiger partial charge in [0.2, 0.25) is 0 Å². The molecule has 0 aromatic carbocycles. The highest BCUT2D eigenvalue weighted by molar-refractivity contribution is 7.99. The molecule has 10 heteroatoms. The number of hydrogen-bond donors (Lipinski definition) is 2. The predicted molar refractivity (Wildman–Crippen MR) is 207 cm³/mol. The molecule has 0 rings (SSSR count). The molecule has 0 aliphatic rings. The number of amidine groups is 2. The summed E-state index contributed by atoms with van der Waals surface area (Å²) in [5.74, 6) is 4.86. The Morgan fingerprint density at radius 3 is 1.23 bits per heavy atom. The molecule has 0 radical (unpaired) electrons. The molecule has 0 bridgehead atoms. The molecule has 0 spiro atoms. The summed E-state index contributed by atoms with van der Waals surface area (Å²) in [4.78, 5) is 32.7. The first-order chi connectivity index (χ1) is 23.0. The van der Waals surface area contributed by atoms with E-state index >= 15 is 0 Å². The minimum absolute atomic E-state index is 0.0758. The molecule has 0 aliphatic carbocycles. The first kappa shape index (κ1) is 45.6. The molecular formula is C37H72N4O4S2. The smallest absolute Gasteiger partial charge is 0.306 e. The number of unbranched alkanes of at least 4 members (excludes halogenated alkanes) is 14. The van der Waals surface area contributed by atoms with Crippen LogP contribution in [0.1, 0.15) is 162 Å². The number of aliphatic imine (C=N–C) groups is 2. The molecular weight excluding hydrogens is 629 g/mol. The highest BCUT2D eigenvalue weighted by Gasteiger charge is 2.04. The number of thioether (sulfide) groups is 2. The lowest BCUT2D eigenvalue weighted by Gasteiger charge is -2.05. The lowest BCUT2D eigenvalue weighted by Crippen LogP contribution is -2.13. The van der Waals surface area contributed by atoms with Crippen LogP contribution < -0.4 is 11.5 Å². The third kappa shape index (κ3) is 37.3. The fraction of sp³-hybridized carbons (Fsp3) is 0.892. The molecule has 8 nitrogen and oxygen atoms in total. The van der Waals surface area contributed by atoms with E-state index in [-0.39, 0.29) is 11.9 Å². The standard InChI is InChI=1S/C37H72N4O4S2/c1-3-5-7-9-11-13-18-28-44-36(42)24-32-46-30-20-22-34(38)40-26-16-15-17-27-41-35(39)23-21-31-47-33-25-37(43)45-29-19-14-12-10-8-6-4-2/h3-33H2,1-2H3,(H2,38,40)(H2,39,41). The Bertz CT molecular complexity index is 721. The van der Waals surface area contributed by atoms with Crippen LogP contribution in [-0.4, -0.2) is 72.9 Å². The van der Waals surface area contributed by atoms with Crippen LogP contribution in [0.2, 0.25) is 0 Å². The van der Waals surface area contributed by atoms with Crippen molar-refractivity contribution in [3.63, 3.8) is 0 Å². The van der Waals surface area contributed by atoms with Gasteiger partial charge in [-0.05, 0) is 56.5 Å². The van der Waals surface area contributed by atoms with E-state index in [2.05, 4.69) is 23.8 Å². The van der Waals surface area contributed by atoms with E-state index in [1.165, 1.54) is 64.2 Å². The molecule has 276 valence electrons. The van der Waals surface area contributed by atoms with Crippen molar-refractivity contribution >= 4 is 47.1 Å². The fourth-order valence-electron chi connectivity index (χ4n) is 4.86. The summed E-state index contributed by atoms with van der Waals surface area (Å²) in [6.45, 7) is 7.10. The highest BCUT2D eigenvalue weighted by Crippen LogP contribution is 2.11. The Kier molecular flexibility index (Phi) is 36.3. The summed E-state index contributed by atoms with van der Waals surface area (Å²) in [5.41, 5.74) is 12.1. The number of hydrogen-bond acceptors (Lipinski definition) is 8. The molecule has 0 saturated carbocycles. The summed E-state index contributed by atoms with van der Waals surface area (Å²) >= 11 is 3.56. The second kappa shape index (κ2) is 37.4. The number of nitrogens with two attached hydrogens (primary N) is 2. The number of rotatable bonds is 36. The molecule has 0 heterocycles. The molecule has 0 atom stereocenters. The van der Waals surface area contributed by atoms with Gasteiger partial charge in [-0.15, -0.1) is 0 Å². The van der Waals surface area contributed by atoms with Gasteiger partial charge in [-0.25, -0.2) is 0 Å². The highest BCUT2D eigenvalue weighted by atomic mass is 32.2. The van der Waals surface area contributed by atoms with E-state index in [0.717, 1.165) is 118 Å². The van der Waals surface area contributed by atoms with Crippen molar-refractivity contribution in [1.29, 1.82) is 0 Å². The van der Waals surface area contributed by atoms with Gasteiger partial charge in [0, 0.05) is 37.4 Å². The van der Waals surface area contributed by atoms with E-state index in [9.17, 15) is 9.59 Å². The Balaban J connectivity index is 3.51. The molecule has 0 fully saturated rings. The van der Waals surface area contributed by atoms with Crippen molar-refractivity contribution < 1.29 is 19.1 Å². The lowest BCUT2D eigenvalue weighted by molar-refractivity contribution is -0.144. The summed E-state index contributed by atoms with van der Waals surface area (Å²) in [7, 11) is 0. The van der Waals surface area contributed by atoms with E-state index in [0.29, 0.717) is 26.1 Å². The molecule has 0 amide bonds. The second-order valence-electron chi connectivity index (χ2n) is 12.4. The fourth-order valence-corrected chi connectivity index (χ4v) is 6.59. The van der Waals surface area contributed by atoms with E-state index < -0.39 is 0 Å². The van der Waals surface area contributed by atoms with Gasteiger partial charge in [-0.1, -0.05) is 90.9 Å². The number of ether oxygens (including phenoxy) is 2. The average Bonchev–Trinajstić information content (AvgIpc) is 3.06. The maximum Gasteiger partial charge on any atom is 0.306 e. The molecule has 0 aliphatic heterocycles. The van der Waals surface area contributed by atoms with Crippen LogP contribution in [0.15, 0.2) is 9.98 Å². The van der Waals surface area contributed by atoms with Crippen molar-refractivity contribution in [3.8, 4) is 0 Å². The maximum atomic E-state index is 11.9. The molecule has 4 N–H and O–H groups in total. The monoisotopic (exact) mass is 700 g/mol. The molecule has 0 aromatic heterocycles. The predicted octanol–water partition coefficient (Wildman–Crippen LogP) is 9.27. The summed E-state index contributed by atoms with van der Waals surface area (Å²) in [6, 6.07) is 0. The van der Waals surface area contributed by atoms with Crippen LogP contribution >= 0.6 is 23.5 Å². The van der Waals surface area contributed by atoms with E-state index in [1.807, 2.05) is 0 Å². The van der Waals surface area contributed by atoms with Gasteiger partial charge >= 0.3 is 11.9 Å². The second-order valence-corrected chi connectivity index (χ2v) is 14.9. The van der Waals surface area contributed by atoms with Crippen LogP contribution in [0.5, 0.6) is 0 Å². The summed E-state index contributed by atoms with van der Waals surface area (Å²) in [5, 5.41) is 0. The zero-order chi connectivity index (χ0) is 34.5. The van der Waals surface area contributed by atoms with Gasteiger partial charge < -0.3 is 20.9 Å². The molecule has 0 unspecified atom stereocenters. The van der Waals surface area contributed by atoms with Crippen LogP contribution in [0.4, 0.5) is 0 Å². The van der Waals surface area contributed by atoms with Gasteiger partial charge in [0.1, 0.15) is 0 Å². The largest absolute Gasteiger partial charge is 0.466 e. The Morgan fingerprint density at radius 1 is 0.468 bits per heavy atom. The zero-order valence-electron chi connectivity index (χ0n) is 30.4. The minimum Gasteiger partial charge on any atom is -0.466 e. The average molecular weight is 701 g/mol. The summed E-state index contributed by atoms with van der Waals surface area (Å²) < 4.78 is 10.7. The molecule has 0 aromatic rings. The number of nitrogens with zero attached hydrogens (tertiary/aromatic N) is 2.